The van der Waals surface area contributed by atoms with E-state index in [2.05, 4.69) is 46.5 Å². The van der Waals surface area contributed by atoms with Gasteiger partial charge in [0.05, 0.1) is 5.25 Å². The topological polar surface area (TPSA) is 82.6 Å². The molecule has 31 heavy (non-hydrogen) atoms. The van der Waals surface area contributed by atoms with Gasteiger partial charge in [-0.1, -0.05) is 63.1 Å². The van der Waals surface area contributed by atoms with Gasteiger partial charge in [-0.05, 0) is 30.5 Å². The summed E-state index contributed by atoms with van der Waals surface area (Å²) in [6.07, 6.45) is 1.02. The molecule has 1 aromatic rings. The Bertz CT molecular complexity index is 863. The van der Waals surface area contributed by atoms with Crippen molar-refractivity contribution in [2.75, 3.05) is 6.61 Å². The van der Waals surface area contributed by atoms with Crippen LogP contribution < -0.4 is 11.2 Å². The maximum Gasteiger partial charge on any atom is 0.329 e. The maximum absolute atomic E-state index is 12.4. The van der Waals surface area contributed by atoms with Gasteiger partial charge in [-0.2, -0.15) is 0 Å². The van der Waals surface area contributed by atoms with Crippen molar-refractivity contribution in [3.05, 3.63) is 33.1 Å². The lowest BCUT2D eigenvalue weighted by Gasteiger charge is -2.44. The highest BCUT2D eigenvalue weighted by molar-refractivity contribution is 8.77. The fraction of sp³-hybridized carbons (Fsp3) is 0.810. The van der Waals surface area contributed by atoms with E-state index in [1.165, 1.54) is 16.8 Å². The summed E-state index contributed by atoms with van der Waals surface area (Å²) in [5.74, 6) is -0.744. The molecule has 0 aromatic carbocycles. The van der Waals surface area contributed by atoms with Crippen LogP contribution in [0.5, 0.6) is 0 Å². The molecule has 1 N–H and O–H groups in total. The molecular weight excluding hydrogens is 452 g/mol. The minimum Gasteiger partial charge on any atom is -0.415 e. The summed E-state index contributed by atoms with van der Waals surface area (Å²) in [5.41, 5.74) is 0.689. The van der Waals surface area contributed by atoms with Gasteiger partial charge >= 0.3 is 5.69 Å². The van der Waals surface area contributed by atoms with Crippen molar-refractivity contribution in [2.45, 2.75) is 101 Å². The number of H-pyrrole nitrogens is 1. The van der Waals surface area contributed by atoms with Crippen molar-refractivity contribution in [3.8, 4) is 0 Å². The molecule has 2 aliphatic rings. The lowest BCUT2D eigenvalue weighted by Crippen LogP contribution is -2.51. The van der Waals surface area contributed by atoms with Crippen molar-refractivity contribution < 1.29 is 13.9 Å². The molecule has 1 aromatic heterocycles. The van der Waals surface area contributed by atoms with Crippen LogP contribution in [0.4, 0.5) is 0 Å². The summed E-state index contributed by atoms with van der Waals surface area (Å²) in [7, 11) is 1.27. The molecule has 2 aliphatic heterocycles. The van der Waals surface area contributed by atoms with Gasteiger partial charge in [-0.25, -0.2) is 4.79 Å². The Kier molecular flexibility index (Phi) is 7.60. The van der Waals surface area contributed by atoms with Crippen LogP contribution in [0.3, 0.4) is 0 Å². The van der Waals surface area contributed by atoms with Crippen molar-refractivity contribution in [2.24, 2.45) is 0 Å². The minimum atomic E-state index is -2.00. The number of nitrogens with zero attached hydrogens (tertiary/aromatic N) is 1. The molecular formula is C21H36N2O5S2Si. The highest BCUT2D eigenvalue weighted by Crippen LogP contribution is 2.53. The third-order valence-corrected chi connectivity index (χ3v) is 15.6. The molecule has 10 heteroatoms. The number of hydrogen-bond donors (Lipinski definition) is 1. The van der Waals surface area contributed by atoms with Gasteiger partial charge in [-0.3, -0.25) is 14.3 Å². The van der Waals surface area contributed by atoms with Crippen LogP contribution in [-0.2, 0) is 13.9 Å². The Hall–Kier alpha value is -0.523. The fourth-order valence-corrected chi connectivity index (χ4v) is 14.0. The Morgan fingerprint density at radius 2 is 1.65 bits per heavy atom. The van der Waals surface area contributed by atoms with E-state index in [-0.39, 0.29) is 22.8 Å². The highest BCUT2D eigenvalue weighted by Gasteiger charge is 2.54. The number of aromatic amines is 1. The van der Waals surface area contributed by atoms with Gasteiger partial charge in [0.15, 0.2) is 14.1 Å². The Morgan fingerprint density at radius 3 is 2.19 bits per heavy atom. The second kappa shape index (κ2) is 9.38. The molecule has 0 unspecified atom stereocenters. The predicted octanol–water partition coefficient (Wildman–Crippen LogP) is 4.51. The van der Waals surface area contributed by atoms with Crippen molar-refractivity contribution in [3.63, 3.8) is 0 Å². The molecule has 0 spiro atoms. The normalized spacial score (nSPS) is 28.5. The summed E-state index contributed by atoms with van der Waals surface area (Å²) in [5, 5.41) is -0.200. The first-order valence-electron chi connectivity index (χ1n) is 11.0. The van der Waals surface area contributed by atoms with E-state index in [1.807, 2.05) is 13.8 Å². The first-order valence-corrected chi connectivity index (χ1v) is 15.4. The van der Waals surface area contributed by atoms with E-state index < -0.39 is 25.4 Å². The summed E-state index contributed by atoms with van der Waals surface area (Å²) in [4.78, 5) is 26.3. The number of hydrogen-bond acceptors (Lipinski definition) is 7. The highest BCUT2D eigenvalue weighted by atomic mass is 33.1. The van der Waals surface area contributed by atoms with E-state index in [1.54, 1.807) is 21.6 Å². The second-order valence-corrected chi connectivity index (χ2v) is 17.9. The van der Waals surface area contributed by atoms with Crippen LogP contribution in [-0.4, -0.2) is 47.7 Å². The average molecular weight is 489 g/mol. The zero-order valence-corrected chi connectivity index (χ0v) is 22.3. The molecule has 0 saturated carbocycles. The summed E-state index contributed by atoms with van der Waals surface area (Å²) in [6.45, 7) is 18.1. The quantitative estimate of drug-likeness (QED) is 0.446. The molecule has 3 rings (SSSR count). The summed E-state index contributed by atoms with van der Waals surface area (Å²) in [6, 6.07) is 1.37. The fourth-order valence-electron chi connectivity index (χ4n) is 5.24. The zero-order chi connectivity index (χ0) is 23.1. The number of rotatable bonds is 7. The van der Waals surface area contributed by atoms with Crippen LogP contribution >= 0.6 is 21.6 Å². The number of fused-ring (bicyclic) bond motifs is 1. The third-order valence-electron chi connectivity index (χ3n) is 6.42. The lowest BCUT2D eigenvalue weighted by molar-refractivity contribution is -0.147. The van der Waals surface area contributed by atoms with Gasteiger partial charge < -0.3 is 13.9 Å². The second-order valence-electron chi connectivity index (χ2n) is 9.83. The number of nitrogens with one attached hydrogen (secondary N) is 1. The van der Waals surface area contributed by atoms with Gasteiger partial charge in [0.1, 0.15) is 17.6 Å². The molecule has 3 heterocycles. The molecule has 0 bridgehead atoms. The van der Waals surface area contributed by atoms with E-state index in [0.717, 1.165) is 0 Å². The van der Waals surface area contributed by atoms with Gasteiger partial charge in [-0.15, -0.1) is 0 Å². The molecule has 2 saturated heterocycles. The first-order chi connectivity index (χ1) is 14.4. The molecule has 176 valence electrons. The number of ether oxygens (including phenoxy) is 2. The van der Waals surface area contributed by atoms with E-state index >= 15 is 0 Å². The maximum atomic E-state index is 12.4. The average Bonchev–Trinajstić information content (AvgIpc) is 2.97. The Morgan fingerprint density at radius 1 is 1.06 bits per heavy atom. The van der Waals surface area contributed by atoms with Crippen molar-refractivity contribution in [1.82, 2.24) is 9.55 Å². The van der Waals surface area contributed by atoms with E-state index in [0.29, 0.717) is 23.2 Å². The van der Waals surface area contributed by atoms with E-state index in [9.17, 15) is 9.59 Å². The van der Waals surface area contributed by atoms with Crippen LogP contribution in [0, 0.1) is 0 Å². The summed E-state index contributed by atoms with van der Waals surface area (Å²) < 4.78 is 21.0. The molecule has 2 fully saturated rings. The van der Waals surface area contributed by atoms with Crippen LogP contribution in [0.2, 0.25) is 16.6 Å². The molecule has 0 radical (unpaired) electrons. The number of aromatic nitrogens is 2. The van der Waals surface area contributed by atoms with Crippen LogP contribution in [0.25, 0.3) is 0 Å². The smallest absolute Gasteiger partial charge is 0.329 e. The van der Waals surface area contributed by atoms with E-state index in [4.69, 9.17) is 13.9 Å². The molecule has 0 aliphatic carbocycles. The van der Waals surface area contributed by atoms with Gasteiger partial charge in [0, 0.05) is 18.9 Å². The van der Waals surface area contributed by atoms with Gasteiger partial charge in [0.2, 0.25) is 0 Å². The Balaban J connectivity index is 1.85. The predicted molar refractivity (Wildman–Crippen MR) is 130 cm³/mol. The van der Waals surface area contributed by atoms with Crippen molar-refractivity contribution >= 4 is 29.9 Å². The SMILES string of the molecule is CC(C)[Si](OC[C@H]1SS[C@@H](n2ccc(=O)[nH]c2=O)[C@@H]2OC(C)(C)O[C@@H]21)(C(C)C)C(C)C. The van der Waals surface area contributed by atoms with Crippen LogP contribution in [0.15, 0.2) is 21.9 Å². The molecule has 0 amide bonds. The molecule has 4 atom stereocenters. The monoisotopic (exact) mass is 488 g/mol. The zero-order valence-electron chi connectivity index (χ0n) is 19.7. The van der Waals surface area contributed by atoms with Crippen LogP contribution in [0.1, 0.15) is 60.8 Å². The van der Waals surface area contributed by atoms with Gasteiger partial charge in [0.25, 0.3) is 5.56 Å². The largest absolute Gasteiger partial charge is 0.415 e. The first kappa shape index (κ1) is 25.1. The Labute approximate surface area is 193 Å². The summed E-state index contributed by atoms with van der Waals surface area (Å²) >= 11 is 0. The minimum absolute atomic E-state index is 0.0922. The standard InChI is InChI=1S/C21H36N2O5S2Si/c1-12(2)31(13(3)4,14(5)6)26-11-15-17-18(28-21(7,8)27-17)19(30-29-15)23-10-9-16(24)22-20(23)25/h9-10,12-15,17-19H,11H2,1-8H3,(H,22,24,25)/t15-,17-,18-,19-/m1/s1. The molecule has 7 nitrogen and oxygen atoms in total. The van der Waals surface area contributed by atoms with Crippen molar-refractivity contribution in [1.29, 1.82) is 0 Å². The lowest BCUT2D eigenvalue weighted by atomic mass is 10.1. The third kappa shape index (κ3) is 4.89.